The van der Waals surface area contributed by atoms with Crippen molar-refractivity contribution in [3.8, 4) is 5.75 Å². The Kier molecular flexibility index (Phi) is 6.12. The van der Waals surface area contributed by atoms with Crippen molar-refractivity contribution in [2.45, 2.75) is 32.2 Å². The van der Waals surface area contributed by atoms with E-state index in [1.165, 1.54) is 19.3 Å². The maximum Gasteiger partial charge on any atom is 0.260 e. The number of hydrogen-bond acceptors (Lipinski definition) is 6. The van der Waals surface area contributed by atoms with Gasteiger partial charge in [-0.3, -0.25) is 4.79 Å². The number of amides is 1. The van der Waals surface area contributed by atoms with Crippen molar-refractivity contribution in [3.63, 3.8) is 0 Å². The monoisotopic (exact) mass is 395 g/mol. The summed E-state index contributed by atoms with van der Waals surface area (Å²) in [6.45, 7) is 6.24. The van der Waals surface area contributed by atoms with E-state index in [1.807, 2.05) is 35.2 Å². The average Bonchev–Trinajstić information content (AvgIpc) is 2.79. The van der Waals surface area contributed by atoms with E-state index in [-0.39, 0.29) is 12.5 Å². The van der Waals surface area contributed by atoms with E-state index in [0.717, 1.165) is 37.0 Å². The SMILES string of the molecule is CC1CCCCN1c1ccc(N2CCN(C(=O)COc3ccccc3)CC2)nn1. The third-order valence-corrected chi connectivity index (χ3v) is 5.80. The van der Waals surface area contributed by atoms with Gasteiger partial charge in [0.1, 0.15) is 5.75 Å². The third kappa shape index (κ3) is 4.78. The fourth-order valence-corrected chi connectivity index (χ4v) is 4.02. The number of hydrogen-bond donors (Lipinski definition) is 0. The molecule has 1 aromatic carbocycles. The molecular formula is C22H29N5O2. The van der Waals surface area contributed by atoms with Gasteiger partial charge < -0.3 is 19.4 Å². The molecule has 0 saturated carbocycles. The van der Waals surface area contributed by atoms with Gasteiger partial charge in [-0.05, 0) is 50.5 Å². The topological polar surface area (TPSA) is 61.8 Å². The van der Waals surface area contributed by atoms with E-state index in [0.29, 0.717) is 19.1 Å². The summed E-state index contributed by atoms with van der Waals surface area (Å²) in [6.07, 6.45) is 3.73. The summed E-state index contributed by atoms with van der Waals surface area (Å²) < 4.78 is 5.58. The van der Waals surface area contributed by atoms with E-state index in [9.17, 15) is 4.79 Å². The van der Waals surface area contributed by atoms with Gasteiger partial charge in [0.05, 0.1) is 0 Å². The number of carbonyl (C=O) groups is 1. The predicted octanol–water partition coefficient (Wildman–Crippen LogP) is 2.58. The van der Waals surface area contributed by atoms with E-state index < -0.39 is 0 Å². The second-order valence-electron chi connectivity index (χ2n) is 7.76. The van der Waals surface area contributed by atoms with E-state index >= 15 is 0 Å². The lowest BCUT2D eigenvalue weighted by Crippen LogP contribution is -2.50. The Morgan fingerprint density at radius 1 is 0.966 bits per heavy atom. The Balaban J connectivity index is 1.27. The number of para-hydroxylation sites is 1. The molecule has 2 saturated heterocycles. The molecule has 1 amide bonds. The van der Waals surface area contributed by atoms with Gasteiger partial charge in [0.15, 0.2) is 18.2 Å². The standard InChI is InChI=1S/C22H29N5O2/c1-18-7-5-6-12-27(18)21-11-10-20(23-24-21)25-13-15-26(16-14-25)22(28)17-29-19-8-3-2-4-9-19/h2-4,8-11,18H,5-7,12-17H2,1H3. The Morgan fingerprint density at radius 2 is 1.69 bits per heavy atom. The number of anilines is 2. The number of piperidine rings is 1. The van der Waals surface area contributed by atoms with Crippen molar-refractivity contribution in [1.29, 1.82) is 0 Å². The van der Waals surface area contributed by atoms with Gasteiger partial charge in [0, 0.05) is 38.8 Å². The molecule has 29 heavy (non-hydrogen) atoms. The van der Waals surface area contributed by atoms with Gasteiger partial charge in [-0.15, -0.1) is 10.2 Å². The van der Waals surface area contributed by atoms with Crippen LogP contribution in [-0.4, -0.2) is 66.4 Å². The highest BCUT2D eigenvalue weighted by Crippen LogP contribution is 2.23. The van der Waals surface area contributed by atoms with Crippen LogP contribution < -0.4 is 14.5 Å². The predicted molar refractivity (Wildman–Crippen MR) is 113 cm³/mol. The molecular weight excluding hydrogens is 366 g/mol. The first-order chi connectivity index (χ1) is 14.2. The molecule has 1 atom stereocenters. The Hall–Kier alpha value is -2.83. The molecule has 7 nitrogen and oxygen atoms in total. The van der Waals surface area contributed by atoms with Crippen molar-refractivity contribution >= 4 is 17.5 Å². The summed E-state index contributed by atoms with van der Waals surface area (Å²) in [5.74, 6) is 2.59. The number of piperazine rings is 1. The Bertz CT molecular complexity index is 791. The van der Waals surface area contributed by atoms with Crippen molar-refractivity contribution in [2.24, 2.45) is 0 Å². The highest BCUT2D eigenvalue weighted by molar-refractivity contribution is 5.78. The maximum atomic E-state index is 12.4. The minimum atomic E-state index is 0.0222. The van der Waals surface area contributed by atoms with Gasteiger partial charge in [-0.1, -0.05) is 18.2 Å². The van der Waals surface area contributed by atoms with Crippen LogP contribution in [0.25, 0.3) is 0 Å². The molecule has 0 N–H and O–H groups in total. The summed E-state index contributed by atoms with van der Waals surface area (Å²) in [5.41, 5.74) is 0. The number of nitrogens with zero attached hydrogens (tertiary/aromatic N) is 5. The van der Waals surface area contributed by atoms with Crippen LogP contribution in [0, 0.1) is 0 Å². The molecule has 0 aliphatic carbocycles. The Labute approximate surface area is 172 Å². The van der Waals surface area contributed by atoms with Gasteiger partial charge in [0.2, 0.25) is 0 Å². The molecule has 1 aromatic heterocycles. The van der Waals surface area contributed by atoms with E-state index in [4.69, 9.17) is 4.74 Å². The summed E-state index contributed by atoms with van der Waals surface area (Å²) in [5, 5.41) is 8.94. The van der Waals surface area contributed by atoms with E-state index in [2.05, 4.69) is 39.1 Å². The molecule has 0 spiro atoms. The maximum absolute atomic E-state index is 12.4. The van der Waals surface area contributed by atoms with Gasteiger partial charge in [-0.25, -0.2) is 0 Å². The first-order valence-electron chi connectivity index (χ1n) is 10.5. The zero-order chi connectivity index (χ0) is 20.1. The normalized spacial score (nSPS) is 19.9. The molecule has 0 bridgehead atoms. The molecule has 4 rings (SSSR count). The van der Waals surface area contributed by atoms with Gasteiger partial charge in [0.25, 0.3) is 5.91 Å². The van der Waals surface area contributed by atoms with Crippen LogP contribution in [0.15, 0.2) is 42.5 Å². The van der Waals surface area contributed by atoms with Crippen molar-refractivity contribution < 1.29 is 9.53 Å². The molecule has 0 radical (unpaired) electrons. The lowest BCUT2D eigenvalue weighted by Gasteiger charge is -2.36. The molecule has 2 aromatic rings. The number of rotatable bonds is 5. The fourth-order valence-electron chi connectivity index (χ4n) is 4.02. The molecule has 2 fully saturated rings. The lowest BCUT2D eigenvalue weighted by molar-refractivity contribution is -0.133. The number of aromatic nitrogens is 2. The average molecular weight is 396 g/mol. The van der Waals surface area contributed by atoms with Crippen LogP contribution >= 0.6 is 0 Å². The summed E-state index contributed by atoms with van der Waals surface area (Å²) >= 11 is 0. The number of ether oxygens (including phenoxy) is 1. The van der Waals surface area contributed by atoms with Crippen LogP contribution in [0.2, 0.25) is 0 Å². The van der Waals surface area contributed by atoms with Crippen molar-refractivity contribution in [2.75, 3.05) is 49.1 Å². The van der Waals surface area contributed by atoms with Crippen LogP contribution in [-0.2, 0) is 4.79 Å². The highest BCUT2D eigenvalue weighted by atomic mass is 16.5. The second-order valence-corrected chi connectivity index (χ2v) is 7.76. The van der Waals surface area contributed by atoms with Gasteiger partial charge >= 0.3 is 0 Å². The smallest absolute Gasteiger partial charge is 0.260 e. The molecule has 154 valence electrons. The largest absolute Gasteiger partial charge is 0.484 e. The summed E-state index contributed by atoms with van der Waals surface area (Å²) in [7, 11) is 0. The number of benzene rings is 1. The lowest BCUT2D eigenvalue weighted by atomic mass is 10.0. The quantitative estimate of drug-likeness (QED) is 0.776. The summed E-state index contributed by atoms with van der Waals surface area (Å²) in [4.78, 5) is 18.8. The van der Waals surface area contributed by atoms with Crippen molar-refractivity contribution in [3.05, 3.63) is 42.5 Å². The minimum Gasteiger partial charge on any atom is -0.484 e. The van der Waals surface area contributed by atoms with E-state index in [1.54, 1.807) is 0 Å². The fraction of sp³-hybridized carbons (Fsp3) is 0.500. The zero-order valence-electron chi connectivity index (χ0n) is 17.0. The summed E-state index contributed by atoms with van der Waals surface area (Å²) in [6, 6.07) is 14.1. The number of carbonyl (C=O) groups excluding carboxylic acids is 1. The molecule has 3 heterocycles. The van der Waals surface area contributed by atoms with Gasteiger partial charge in [-0.2, -0.15) is 0 Å². The zero-order valence-corrected chi connectivity index (χ0v) is 17.0. The molecule has 2 aliphatic heterocycles. The van der Waals surface area contributed by atoms with Crippen LogP contribution in [0.3, 0.4) is 0 Å². The minimum absolute atomic E-state index is 0.0222. The highest BCUT2D eigenvalue weighted by Gasteiger charge is 2.24. The third-order valence-electron chi connectivity index (χ3n) is 5.80. The second kappa shape index (κ2) is 9.11. The molecule has 1 unspecified atom stereocenters. The van der Waals surface area contributed by atoms with Crippen molar-refractivity contribution in [1.82, 2.24) is 15.1 Å². The molecule has 2 aliphatic rings. The molecule has 7 heteroatoms. The van der Waals surface area contributed by atoms with Crippen LogP contribution in [0.1, 0.15) is 26.2 Å². The van der Waals surface area contributed by atoms with Crippen LogP contribution in [0.5, 0.6) is 5.75 Å². The van der Waals surface area contributed by atoms with Crippen LogP contribution in [0.4, 0.5) is 11.6 Å². The Morgan fingerprint density at radius 3 is 2.38 bits per heavy atom. The first-order valence-corrected chi connectivity index (χ1v) is 10.5. The first kappa shape index (κ1) is 19.5.